The molecule has 2 bridgehead atoms. The van der Waals surface area contributed by atoms with E-state index in [1.54, 1.807) is 0 Å². The van der Waals surface area contributed by atoms with E-state index in [2.05, 4.69) is 47.0 Å². The zero-order chi connectivity index (χ0) is 14.8. The molecule has 6 atom stereocenters. The molecule has 6 unspecified atom stereocenters. The van der Waals surface area contributed by atoms with Crippen LogP contribution >= 0.6 is 0 Å². The second-order valence-electron chi connectivity index (χ2n) is 8.66. The summed E-state index contributed by atoms with van der Waals surface area (Å²) in [5.41, 5.74) is 1.20. The number of hydrogen-bond donors (Lipinski definition) is 1. The van der Waals surface area contributed by atoms with Crippen LogP contribution in [0.2, 0.25) is 0 Å². The molecule has 0 spiro atoms. The van der Waals surface area contributed by atoms with E-state index in [4.69, 9.17) is 4.74 Å². The molecule has 20 heavy (non-hydrogen) atoms. The van der Waals surface area contributed by atoms with Gasteiger partial charge in [0.15, 0.2) is 0 Å². The summed E-state index contributed by atoms with van der Waals surface area (Å²) in [5.74, 6) is 0.880. The van der Waals surface area contributed by atoms with Crippen LogP contribution in [0.1, 0.15) is 66.7 Å². The van der Waals surface area contributed by atoms with Crippen LogP contribution in [-0.4, -0.2) is 25.3 Å². The Morgan fingerprint density at radius 2 is 1.80 bits per heavy atom. The summed E-state index contributed by atoms with van der Waals surface area (Å²) >= 11 is 0. The zero-order valence-electron chi connectivity index (χ0n) is 14.3. The van der Waals surface area contributed by atoms with Gasteiger partial charge >= 0.3 is 0 Å². The molecule has 116 valence electrons. The van der Waals surface area contributed by atoms with E-state index in [9.17, 15) is 0 Å². The Morgan fingerprint density at radius 1 is 1.10 bits per heavy atom. The molecule has 3 fully saturated rings. The normalized spacial score (nSPS) is 53.1. The largest absolute Gasteiger partial charge is 0.374 e. The monoisotopic (exact) mass is 279 g/mol. The van der Waals surface area contributed by atoms with Crippen LogP contribution in [-0.2, 0) is 4.74 Å². The van der Waals surface area contributed by atoms with Gasteiger partial charge in [-0.2, -0.15) is 0 Å². The van der Waals surface area contributed by atoms with Gasteiger partial charge in [-0.15, -0.1) is 0 Å². The molecular weight excluding hydrogens is 246 g/mol. The molecule has 0 amide bonds. The Balaban J connectivity index is 1.72. The van der Waals surface area contributed by atoms with Gasteiger partial charge in [0.25, 0.3) is 0 Å². The minimum Gasteiger partial charge on any atom is -0.374 e. The molecule has 0 radical (unpaired) electrons. The molecule has 0 saturated heterocycles. The third-order valence-electron chi connectivity index (χ3n) is 8.13. The minimum atomic E-state index is 0.330. The van der Waals surface area contributed by atoms with Crippen molar-refractivity contribution in [1.29, 1.82) is 0 Å². The SMILES string of the molecule is CCC1(C)C(NC)CC1OC1CC2CCC1(C)C2(C)C. The Morgan fingerprint density at radius 3 is 2.25 bits per heavy atom. The molecule has 0 aromatic heterocycles. The van der Waals surface area contributed by atoms with E-state index in [0.717, 1.165) is 5.92 Å². The van der Waals surface area contributed by atoms with Gasteiger partial charge in [0.05, 0.1) is 12.2 Å². The number of nitrogens with one attached hydrogen (secondary N) is 1. The van der Waals surface area contributed by atoms with Gasteiger partial charge in [-0.25, -0.2) is 0 Å². The van der Waals surface area contributed by atoms with Crippen molar-refractivity contribution in [2.24, 2.45) is 22.2 Å². The summed E-state index contributed by atoms with van der Waals surface area (Å²) < 4.78 is 6.72. The van der Waals surface area contributed by atoms with Gasteiger partial charge in [-0.05, 0) is 55.9 Å². The standard InChI is InChI=1S/C18H33NO/c1-7-17(4)13(19-6)11-14(17)20-15-10-12-8-9-18(15,5)16(12,2)3/h12-15,19H,7-11H2,1-6H3. The van der Waals surface area contributed by atoms with E-state index in [-0.39, 0.29) is 0 Å². The maximum absolute atomic E-state index is 6.72. The zero-order valence-corrected chi connectivity index (χ0v) is 14.3. The fraction of sp³-hybridized carbons (Fsp3) is 1.00. The molecule has 3 aliphatic carbocycles. The summed E-state index contributed by atoms with van der Waals surface area (Å²) in [5, 5.41) is 3.48. The van der Waals surface area contributed by atoms with Gasteiger partial charge < -0.3 is 10.1 Å². The summed E-state index contributed by atoms with van der Waals surface area (Å²) in [6, 6.07) is 0.636. The van der Waals surface area contributed by atoms with Gasteiger partial charge in [0.2, 0.25) is 0 Å². The van der Waals surface area contributed by atoms with E-state index in [0.29, 0.717) is 34.5 Å². The highest BCUT2D eigenvalue weighted by atomic mass is 16.5. The molecule has 3 saturated carbocycles. The summed E-state index contributed by atoms with van der Waals surface area (Å²) in [6.07, 6.45) is 7.42. The second kappa shape index (κ2) is 4.46. The lowest BCUT2D eigenvalue weighted by Gasteiger charge is -2.55. The highest BCUT2D eigenvalue weighted by Crippen LogP contribution is 2.67. The van der Waals surface area contributed by atoms with Crippen molar-refractivity contribution in [3.8, 4) is 0 Å². The van der Waals surface area contributed by atoms with Crippen molar-refractivity contribution in [3.63, 3.8) is 0 Å². The van der Waals surface area contributed by atoms with Gasteiger partial charge in [-0.1, -0.05) is 34.6 Å². The Bertz CT molecular complexity index is 393. The van der Waals surface area contributed by atoms with Crippen LogP contribution in [0.4, 0.5) is 0 Å². The Labute approximate surface area is 125 Å². The molecule has 3 aliphatic rings. The summed E-state index contributed by atoms with van der Waals surface area (Å²) in [7, 11) is 2.09. The average molecular weight is 279 g/mol. The topological polar surface area (TPSA) is 21.3 Å². The van der Waals surface area contributed by atoms with Crippen LogP contribution in [0.5, 0.6) is 0 Å². The molecule has 2 nitrogen and oxygen atoms in total. The number of rotatable bonds is 4. The maximum atomic E-state index is 6.72. The molecule has 2 heteroatoms. The van der Waals surface area contributed by atoms with Crippen LogP contribution < -0.4 is 5.32 Å². The molecule has 0 heterocycles. The fourth-order valence-corrected chi connectivity index (χ4v) is 5.48. The van der Waals surface area contributed by atoms with E-state index in [1.165, 1.54) is 32.1 Å². The van der Waals surface area contributed by atoms with Crippen LogP contribution in [0.3, 0.4) is 0 Å². The molecule has 1 N–H and O–H groups in total. The predicted molar refractivity (Wildman–Crippen MR) is 83.8 cm³/mol. The third kappa shape index (κ3) is 1.64. The maximum Gasteiger partial charge on any atom is 0.0662 e. The van der Waals surface area contributed by atoms with Crippen LogP contribution in [0.25, 0.3) is 0 Å². The predicted octanol–water partition coefficient (Wildman–Crippen LogP) is 3.99. The first-order valence-corrected chi connectivity index (χ1v) is 8.62. The molecular formula is C18H33NO. The number of hydrogen-bond acceptors (Lipinski definition) is 2. The van der Waals surface area contributed by atoms with Gasteiger partial charge in [0.1, 0.15) is 0 Å². The Hall–Kier alpha value is -0.0800. The van der Waals surface area contributed by atoms with Crippen molar-refractivity contribution in [3.05, 3.63) is 0 Å². The van der Waals surface area contributed by atoms with Crippen LogP contribution in [0, 0.1) is 22.2 Å². The first kappa shape index (κ1) is 14.8. The third-order valence-corrected chi connectivity index (χ3v) is 8.13. The molecule has 0 aromatic carbocycles. The van der Waals surface area contributed by atoms with Crippen molar-refractivity contribution < 1.29 is 4.74 Å². The van der Waals surface area contributed by atoms with Crippen LogP contribution in [0.15, 0.2) is 0 Å². The average Bonchev–Trinajstić information content (AvgIpc) is 2.74. The quantitative estimate of drug-likeness (QED) is 0.840. The summed E-state index contributed by atoms with van der Waals surface area (Å²) in [4.78, 5) is 0. The van der Waals surface area contributed by atoms with Crippen molar-refractivity contribution in [1.82, 2.24) is 5.32 Å². The van der Waals surface area contributed by atoms with E-state index >= 15 is 0 Å². The number of fused-ring (bicyclic) bond motifs is 2. The lowest BCUT2D eigenvalue weighted by molar-refractivity contribution is -0.184. The highest BCUT2D eigenvalue weighted by molar-refractivity contribution is 5.13. The highest BCUT2D eigenvalue weighted by Gasteiger charge is 2.63. The summed E-state index contributed by atoms with van der Waals surface area (Å²) in [6.45, 7) is 12.2. The molecule has 0 aliphatic heterocycles. The van der Waals surface area contributed by atoms with Gasteiger partial charge in [-0.3, -0.25) is 0 Å². The fourth-order valence-electron chi connectivity index (χ4n) is 5.48. The smallest absolute Gasteiger partial charge is 0.0662 e. The van der Waals surface area contributed by atoms with Gasteiger partial charge in [0, 0.05) is 11.5 Å². The Kier molecular flexibility index (Phi) is 3.31. The minimum absolute atomic E-state index is 0.330. The first-order valence-electron chi connectivity index (χ1n) is 8.62. The first-order chi connectivity index (χ1) is 9.29. The molecule has 3 rings (SSSR count). The number of ether oxygens (including phenoxy) is 1. The molecule has 0 aromatic rings. The lowest BCUT2D eigenvalue weighted by Crippen LogP contribution is -2.62. The van der Waals surface area contributed by atoms with Crippen molar-refractivity contribution >= 4 is 0 Å². The van der Waals surface area contributed by atoms with Crippen molar-refractivity contribution in [2.75, 3.05) is 7.05 Å². The van der Waals surface area contributed by atoms with E-state index < -0.39 is 0 Å². The van der Waals surface area contributed by atoms with E-state index in [1.807, 2.05) is 0 Å². The lowest BCUT2D eigenvalue weighted by atomic mass is 9.61. The second-order valence-corrected chi connectivity index (χ2v) is 8.66. The van der Waals surface area contributed by atoms with Crippen molar-refractivity contribution in [2.45, 2.75) is 85.0 Å².